The molecule has 0 saturated carbocycles. The normalized spacial score (nSPS) is 11.3. The first-order valence-corrected chi connectivity index (χ1v) is 12.3. The fourth-order valence-corrected chi connectivity index (χ4v) is 3.85. The van der Waals surface area contributed by atoms with Gasteiger partial charge in [0.1, 0.15) is 25.0 Å². The molecule has 0 aliphatic heterocycles. The number of hydrogen-bond donors (Lipinski definition) is 3. The third-order valence-electron chi connectivity index (χ3n) is 5.94. The van der Waals surface area contributed by atoms with Crippen molar-refractivity contribution < 1.29 is 24.2 Å². The van der Waals surface area contributed by atoms with Gasteiger partial charge in [0.25, 0.3) is 0 Å². The molecular weight excluding hydrogens is 480 g/mol. The highest BCUT2D eigenvalue weighted by atomic mass is 16.5. The lowest BCUT2D eigenvalue weighted by Crippen LogP contribution is -2.40. The summed E-state index contributed by atoms with van der Waals surface area (Å²) in [6.45, 7) is 0.560. The maximum Gasteiger partial charge on any atom is 0.408 e. The van der Waals surface area contributed by atoms with Crippen LogP contribution in [0.25, 0.3) is 0 Å². The molecule has 4 aromatic rings. The molecule has 0 aromatic heterocycles. The number of benzene rings is 4. The van der Waals surface area contributed by atoms with Gasteiger partial charge in [-0.2, -0.15) is 0 Å². The van der Waals surface area contributed by atoms with Crippen LogP contribution >= 0.6 is 0 Å². The van der Waals surface area contributed by atoms with E-state index in [1.807, 2.05) is 78.9 Å². The molecule has 38 heavy (non-hydrogen) atoms. The number of hydrogen-bond acceptors (Lipinski definition) is 5. The predicted octanol–water partition coefficient (Wildman–Crippen LogP) is 5.04. The molecule has 2 amide bonds. The van der Waals surface area contributed by atoms with Gasteiger partial charge in [0.05, 0.1) is 6.61 Å². The number of amides is 2. The third kappa shape index (κ3) is 7.69. The van der Waals surface area contributed by atoms with Crippen molar-refractivity contribution >= 4 is 12.0 Å². The Morgan fingerprint density at radius 2 is 1.29 bits per heavy atom. The number of carbonyl (C=O) groups is 2. The molecule has 1 atom stereocenters. The van der Waals surface area contributed by atoms with Gasteiger partial charge >= 0.3 is 6.09 Å². The summed E-state index contributed by atoms with van der Waals surface area (Å²) in [4.78, 5) is 25.9. The summed E-state index contributed by atoms with van der Waals surface area (Å²) < 4.78 is 11.2. The molecule has 0 aliphatic rings. The van der Waals surface area contributed by atoms with Crippen molar-refractivity contribution in [1.29, 1.82) is 0 Å². The Hall–Kier alpha value is -4.62. The van der Waals surface area contributed by atoms with Gasteiger partial charge in [-0.05, 0) is 39.9 Å². The Balaban J connectivity index is 1.44. The number of nitrogens with one attached hydrogen (secondary N) is 2. The number of aliphatic hydroxyl groups excluding tert-OH is 1. The largest absolute Gasteiger partial charge is 0.489 e. The molecule has 0 bridgehead atoms. The molecule has 0 fully saturated rings. The van der Waals surface area contributed by atoms with E-state index < -0.39 is 18.0 Å². The zero-order valence-electron chi connectivity index (χ0n) is 20.9. The lowest BCUT2D eigenvalue weighted by Gasteiger charge is -2.20. The van der Waals surface area contributed by atoms with Gasteiger partial charge in [-0.3, -0.25) is 4.79 Å². The van der Waals surface area contributed by atoms with E-state index in [1.54, 1.807) is 30.3 Å². The van der Waals surface area contributed by atoms with Crippen LogP contribution in [0.1, 0.15) is 33.9 Å². The van der Waals surface area contributed by atoms with E-state index in [9.17, 15) is 14.7 Å². The van der Waals surface area contributed by atoms with Gasteiger partial charge in [0.15, 0.2) is 0 Å². The summed E-state index contributed by atoms with van der Waals surface area (Å²) >= 11 is 0. The summed E-state index contributed by atoms with van der Waals surface area (Å²) in [7, 11) is 0. The number of aliphatic hydroxyl groups is 1. The second-order valence-corrected chi connectivity index (χ2v) is 8.63. The first-order chi connectivity index (χ1) is 18.6. The SMILES string of the molecule is O=C(N[C@H](C(=O)NCc1ccccc1CO)c1ccc(OCc2ccccc2)cc1)OCc1ccccc1. The van der Waals surface area contributed by atoms with Crippen LogP contribution in [0.4, 0.5) is 4.79 Å². The molecule has 0 saturated heterocycles. The average molecular weight is 511 g/mol. The molecule has 7 nitrogen and oxygen atoms in total. The summed E-state index contributed by atoms with van der Waals surface area (Å²) in [5.74, 6) is 0.229. The van der Waals surface area contributed by atoms with E-state index in [2.05, 4.69) is 10.6 Å². The standard InChI is InChI=1S/C31H30N2O5/c34-20-27-14-8-7-13-26(27)19-32-30(35)29(33-31(36)38-22-24-11-5-2-6-12-24)25-15-17-28(18-16-25)37-21-23-9-3-1-4-10-23/h1-18,29,34H,19-22H2,(H,32,35)(H,33,36)/t29-/m0/s1. The Bertz CT molecular complexity index is 1310. The van der Waals surface area contributed by atoms with E-state index >= 15 is 0 Å². The predicted molar refractivity (Wildman–Crippen MR) is 144 cm³/mol. The molecule has 4 rings (SSSR count). The maximum absolute atomic E-state index is 13.2. The molecule has 3 N–H and O–H groups in total. The van der Waals surface area contributed by atoms with Gasteiger partial charge in [0, 0.05) is 6.54 Å². The molecule has 0 heterocycles. The van der Waals surface area contributed by atoms with E-state index in [1.165, 1.54) is 0 Å². The summed E-state index contributed by atoms with van der Waals surface area (Å²) in [6, 6.07) is 32.4. The fourth-order valence-electron chi connectivity index (χ4n) is 3.85. The molecule has 0 spiro atoms. The molecule has 0 radical (unpaired) electrons. The Morgan fingerprint density at radius 3 is 1.92 bits per heavy atom. The van der Waals surface area contributed by atoms with Crippen molar-refractivity contribution in [3.8, 4) is 5.75 Å². The van der Waals surface area contributed by atoms with Crippen molar-refractivity contribution in [2.45, 2.75) is 32.4 Å². The summed E-state index contributed by atoms with van der Waals surface area (Å²) in [5, 5.41) is 15.1. The highest BCUT2D eigenvalue weighted by Gasteiger charge is 2.24. The van der Waals surface area contributed by atoms with Gasteiger partial charge in [-0.15, -0.1) is 0 Å². The van der Waals surface area contributed by atoms with Crippen LogP contribution < -0.4 is 15.4 Å². The molecule has 4 aromatic carbocycles. The van der Waals surface area contributed by atoms with Gasteiger partial charge < -0.3 is 25.2 Å². The van der Waals surface area contributed by atoms with Crippen LogP contribution in [-0.4, -0.2) is 17.1 Å². The van der Waals surface area contributed by atoms with Crippen LogP contribution in [-0.2, 0) is 35.9 Å². The third-order valence-corrected chi connectivity index (χ3v) is 5.94. The molecule has 0 unspecified atom stereocenters. The Labute approximate surface area is 222 Å². The molecular formula is C31H30N2O5. The van der Waals surface area contributed by atoms with Crippen molar-refractivity contribution in [1.82, 2.24) is 10.6 Å². The van der Waals surface area contributed by atoms with Crippen molar-refractivity contribution in [2.24, 2.45) is 0 Å². The number of ether oxygens (including phenoxy) is 2. The second kappa shape index (κ2) is 13.6. The first-order valence-electron chi connectivity index (χ1n) is 12.3. The minimum absolute atomic E-state index is 0.0805. The van der Waals surface area contributed by atoms with Crippen molar-refractivity contribution in [2.75, 3.05) is 0 Å². The zero-order valence-corrected chi connectivity index (χ0v) is 20.9. The maximum atomic E-state index is 13.2. The van der Waals surface area contributed by atoms with Gasteiger partial charge in [-0.25, -0.2) is 4.79 Å². The number of rotatable bonds is 11. The highest BCUT2D eigenvalue weighted by Crippen LogP contribution is 2.20. The fraction of sp³-hybridized carbons (Fsp3) is 0.161. The highest BCUT2D eigenvalue weighted by molar-refractivity contribution is 5.86. The van der Waals surface area contributed by atoms with Crippen LogP contribution in [0, 0.1) is 0 Å². The van der Waals surface area contributed by atoms with E-state index in [0.717, 1.165) is 22.3 Å². The number of alkyl carbamates (subject to hydrolysis) is 1. The smallest absolute Gasteiger partial charge is 0.408 e. The lowest BCUT2D eigenvalue weighted by molar-refractivity contribution is -0.123. The van der Waals surface area contributed by atoms with Crippen LogP contribution in [0.5, 0.6) is 5.75 Å². The van der Waals surface area contributed by atoms with Gasteiger partial charge in [0.2, 0.25) is 5.91 Å². The topological polar surface area (TPSA) is 96.9 Å². The zero-order chi connectivity index (χ0) is 26.6. The number of carbonyl (C=O) groups excluding carboxylic acids is 2. The second-order valence-electron chi connectivity index (χ2n) is 8.63. The van der Waals surface area contributed by atoms with E-state index in [4.69, 9.17) is 9.47 Å². The van der Waals surface area contributed by atoms with E-state index in [-0.39, 0.29) is 19.8 Å². The molecule has 7 heteroatoms. The summed E-state index contributed by atoms with van der Waals surface area (Å²) in [6.07, 6.45) is -0.714. The van der Waals surface area contributed by atoms with Crippen LogP contribution in [0.2, 0.25) is 0 Å². The molecule has 194 valence electrons. The average Bonchev–Trinajstić information content (AvgIpc) is 2.98. The quantitative estimate of drug-likeness (QED) is 0.263. The first kappa shape index (κ1) is 26.4. The van der Waals surface area contributed by atoms with Crippen LogP contribution in [0.3, 0.4) is 0 Å². The lowest BCUT2D eigenvalue weighted by atomic mass is 10.0. The monoisotopic (exact) mass is 510 g/mol. The Morgan fingerprint density at radius 1 is 0.711 bits per heavy atom. The van der Waals surface area contributed by atoms with E-state index in [0.29, 0.717) is 17.9 Å². The minimum atomic E-state index is -0.997. The van der Waals surface area contributed by atoms with Crippen molar-refractivity contribution in [3.05, 3.63) is 137 Å². The minimum Gasteiger partial charge on any atom is -0.489 e. The van der Waals surface area contributed by atoms with Crippen molar-refractivity contribution in [3.63, 3.8) is 0 Å². The van der Waals surface area contributed by atoms with Gasteiger partial charge in [-0.1, -0.05) is 97.1 Å². The van der Waals surface area contributed by atoms with Crippen LogP contribution in [0.15, 0.2) is 109 Å². The Kier molecular flexibility index (Phi) is 9.48. The summed E-state index contributed by atoms with van der Waals surface area (Å²) in [5.41, 5.74) is 3.96. The molecule has 0 aliphatic carbocycles.